The number of nitrogens with zero attached hydrogens (tertiary/aromatic N) is 4. The van der Waals surface area contributed by atoms with Crippen LogP contribution in [0.3, 0.4) is 0 Å². The Morgan fingerprint density at radius 1 is 0.805 bits per heavy atom. The highest BCUT2D eigenvalue weighted by atomic mass is 16.5. The Hall–Kier alpha value is -5.17. The quantitative estimate of drug-likeness (QED) is 0.207. The number of ether oxygens (including phenoxy) is 2. The molecule has 0 radical (unpaired) electrons. The summed E-state index contributed by atoms with van der Waals surface area (Å²) in [6, 6.07) is 35.9. The zero-order valence-corrected chi connectivity index (χ0v) is 23.2. The Labute approximate surface area is 239 Å². The SMILES string of the molecule is COC(=O)c1ccc(N2N=C(c3ccc(OC)cc3)CC2c2cc(-c3ccc(C)cc3)nn2-c2ccccc2)cc1. The molecule has 0 bridgehead atoms. The van der Waals surface area contributed by atoms with Crippen molar-refractivity contribution in [1.82, 2.24) is 9.78 Å². The summed E-state index contributed by atoms with van der Waals surface area (Å²) in [6.07, 6.45) is 0.664. The molecular formula is C34H30N4O3. The number of aromatic nitrogens is 2. The number of anilines is 1. The van der Waals surface area contributed by atoms with Crippen LogP contribution in [0.5, 0.6) is 5.75 Å². The van der Waals surface area contributed by atoms with Crippen molar-refractivity contribution in [2.45, 2.75) is 19.4 Å². The van der Waals surface area contributed by atoms with E-state index in [1.54, 1.807) is 19.2 Å². The minimum atomic E-state index is -0.373. The van der Waals surface area contributed by atoms with Gasteiger partial charge in [-0.2, -0.15) is 10.2 Å². The van der Waals surface area contributed by atoms with Crippen LogP contribution in [0.2, 0.25) is 0 Å². The van der Waals surface area contributed by atoms with Crippen molar-refractivity contribution in [1.29, 1.82) is 0 Å². The van der Waals surface area contributed by atoms with Crippen LogP contribution in [-0.4, -0.2) is 35.7 Å². The van der Waals surface area contributed by atoms with Gasteiger partial charge in [0.25, 0.3) is 0 Å². The van der Waals surface area contributed by atoms with Crippen molar-refractivity contribution in [3.8, 4) is 22.7 Å². The third kappa shape index (κ3) is 5.22. The Morgan fingerprint density at radius 3 is 2.15 bits per heavy atom. The third-order valence-corrected chi connectivity index (χ3v) is 7.31. The van der Waals surface area contributed by atoms with Crippen LogP contribution in [0.15, 0.2) is 114 Å². The van der Waals surface area contributed by atoms with E-state index in [1.165, 1.54) is 12.7 Å². The second kappa shape index (κ2) is 11.1. The fourth-order valence-corrected chi connectivity index (χ4v) is 5.08. The molecule has 0 saturated carbocycles. The van der Waals surface area contributed by atoms with Crippen LogP contribution in [-0.2, 0) is 4.74 Å². The molecule has 0 spiro atoms. The predicted molar refractivity (Wildman–Crippen MR) is 161 cm³/mol. The highest BCUT2D eigenvalue weighted by Gasteiger charge is 2.33. The van der Waals surface area contributed by atoms with Gasteiger partial charge in [-0.25, -0.2) is 9.48 Å². The monoisotopic (exact) mass is 542 g/mol. The number of aryl methyl sites for hydroxylation is 1. The summed E-state index contributed by atoms with van der Waals surface area (Å²) in [4.78, 5) is 12.1. The van der Waals surface area contributed by atoms with Gasteiger partial charge in [0.05, 0.1) is 48.3 Å². The molecule has 1 atom stereocenters. The molecule has 1 unspecified atom stereocenters. The Balaban J connectivity index is 1.47. The van der Waals surface area contributed by atoms with Crippen LogP contribution in [0.1, 0.15) is 39.6 Å². The summed E-state index contributed by atoms with van der Waals surface area (Å²) in [7, 11) is 3.04. The van der Waals surface area contributed by atoms with Crippen LogP contribution >= 0.6 is 0 Å². The van der Waals surface area contributed by atoms with Gasteiger partial charge in [0.2, 0.25) is 0 Å². The van der Waals surface area contributed by atoms with Crippen LogP contribution in [0.4, 0.5) is 5.69 Å². The van der Waals surface area contributed by atoms with Gasteiger partial charge >= 0.3 is 5.97 Å². The maximum Gasteiger partial charge on any atom is 0.337 e. The van der Waals surface area contributed by atoms with E-state index in [-0.39, 0.29) is 12.0 Å². The molecule has 6 rings (SSSR count). The fraction of sp³-hybridized carbons (Fsp3) is 0.147. The van der Waals surface area contributed by atoms with Gasteiger partial charge < -0.3 is 9.47 Å². The zero-order chi connectivity index (χ0) is 28.3. The molecule has 0 amide bonds. The molecule has 0 aliphatic carbocycles. The average Bonchev–Trinajstić information content (AvgIpc) is 3.67. The van der Waals surface area contributed by atoms with Gasteiger partial charge in [0, 0.05) is 12.0 Å². The van der Waals surface area contributed by atoms with Gasteiger partial charge in [-0.3, -0.25) is 5.01 Å². The van der Waals surface area contributed by atoms with Crippen molar-refractivity contribution in [2.75, 3.05) is 19.2 Å². The van der Waals surface area contributed by atoms with Crippen molar-refractivity contribution in [2.24, 2.45) is 5.10 Å². The second-order valence-electron chi connectivity index (χ2n) is 9.95. The normalized spacial score (nSPS) is 14.6. The third-order valence-electron chi connectivity index (χ3n) is 7.31. The lowest BCUT2D eigenvalue weighted by molar-refractivity contribution is 0.0600. The number of para-hydroxylation sites is 1. The number of benzene rings is 4. The summed E-state index contributed by atoms with van der Waals surface area (Å²) < 4.78 is 12.3. The lowest BCUT2D eigenvalue weighted by Crippen LogP contribution is -2.21. The van der Waals surface area contributed by atoms with E-state index < -0.39 is 0 Å². The highest BCUT2D eigenvalue weighted by Crippen LogP contribution is 2.39. The maximum atomic E-state index is 12.1. The van der Waals surface area contributed by atoms with Crippen LogP contribution < -0.4 is 9.75 Å². The van der Waals surface area contributed by atoms with E-state index in [4.69, 9.17) is 19.7 Å². The molecule has 1 aliphatic rings. The summed E-state index contributed by atoms with van der Waals surface area (Å²) in [5.74, 6) is 0.422. The molecule has 0 saturated heterocycles. The number of carbonyl (C=O) groups is 1. The Kier molecular flexibility index (Phi) is 7.08. The first kappa shape index (κ1) is 26.1. The minimum absolute atomic E-state index is 0.150. The molecule has 7 nitrogen and oxygen atoms in total. The lowest BCUT2D eigenvalue weighted by Gasteiger charge is -2.24. The largest absolute Gasteiger partial charge is 0.497 e. The summed E-state index contributed by atoms with van der Waals surface area (Å²) in [5.41, 5.74) is 8.45. The van der Waals surface area contributed by atoms with Crippen molar-refractivity contribution in [3.05, 3.63) is 132 Å². The zero-order valence-electron chi connectivity index (χ0n) is 23.2. The molecule has 2 heterocycles. The Bertz CT molecular complexity index is 1690. The Morgan fingerprint density at radius 2 is 1.49 bits per heavy atom. The molecule has 7 heteroatoms. The number of hydrogen-bond donors (Lipinski definition) is 0. The number of carbonyl (C=O) groups excluding carboxylic acids is 1. The van der Waals surface area contributed by atoms with E-state index in [2.05, 4.69) is 49.4 Å². The molecule has 0 fully saturated rings. The number of esters is 1. The van der Waals surface area contributed by atoms with Gasteiger partial charge in [-0.1, -0.05) is 48.0 Å². The van der Waals surface area contributed by atoms with Gasteiger partial charge in [0.15, 0.2) is 0 Å². The van der Waals surface area contributed by atoms with E-state index in [9.17, 15) is 4.79 Å². The number of rotatable bonds is 7. The first-order valence-electron chi connectivity index (χ1n) is 13.5. The summed E-state index contributed by atoms with van der Waals surface area (Å²) in [5, 5.41) is 12.2. The van der Waals surface area contributed by atoms with E-state index in [0.717, 1.165) is 45.4 Å². The van der Waals surface area contributed by atoms with Crippen LogP contribution in [0, 0.1) is 6.92 Å². The first-order valence-corrected chi connectivity index (χ1v) is 13.5. The number of hydrazone groups is 1. The fourth-order valence-electron chi connectivity index (χ4n) is 5.08. The molecule has 0 N–H and O–H groups in total. The van der Waals surface area contributed by atoms with E-state index in [1.807, 2.05) is 64.3 Å². The molecule has 4 aromatic carbocycles. The second-order valence-corrected chi connectivity index (χ2v) is 9.95. The van der Waals surface area contributed by atoms with E-state index in [0.29, 0.717) is 12.0 Å². The summed E-state index contributed by atoms with van der Waals surface area (Å²) >= 11 is 0. The minimum Gasteiger partial charge on any atom is -0.497 e. The first-order chi connectivity index (χ1) is 20.0. The molecular weight excluding hydrogens is 512 g/mol. The molecule has 1 aromatic heterocycles. The smallest absolute Gasteiger partial charge is 0.337 e. The highest BCUT2D eigenvalue weighted by molar-refractivity contribution is 6.03. The van der Waals surface area contributed by atoms with Gasteiger partial charge in [-0.05, 0) is 79.2 Å². The average molecular weight is 543 g/mol. The number of hydrogen-bond acceptors (Lipinski definition) is 6. The number of methoxy groups -OCH3 is 2. The lowest BCUT2D eigenvalue weighted by atomic mass is 10.0. The predicted octanol–water partition coefficient (Wildman–Crippen LogP) is 7.00. The van der Waals surface area contributed by atoms with Crippen molar-refractivity contribution >= 4 is 17.4 Å². The molecule has 5 aromatic rings. The van der Waals surface area contributed by atoms with Crippen molar-refractivity contribution in [3.63, 3.8) is 0 Å². The molecule has 1 aliphatic heterocycles. The standard InChI is InChI=1S/C34H30N4O3/c1-23-9-11-24(12-10-23)30-21-32(37(35-30)27-7-5-4-6-8-27)33-22-31(25-15-19-29(40-2)20-16-25)36-38(33)28-17-13-26(14-18-28)34(39)41-3/h4-21,33H,22H2,1-3H3. The topological polar surface area (TPSA) is 68.9 Å². The molecule has 204 valence electrons. The maximum absolute atomic E-state index is 12.1. The summed E-state index contributed by atoms with van der Waals surface area (Å²) in [6.45, 7) is 2.08. The van der Waals surface area contributed by atoms with Crippen molar-refractivity contribution < 1.29 is 14.3 Å². The van der Waals surface area contributed by atoms with Gasteiger partial charge in [0.1, 0.15) is 11.8 Å². The van der Waals surface area contributed by atoms with Crippen LogP contribution in [0.25, 0.3) is 16.9 Å². The van der Waals surface area contributed by atoms with Gasteiger partial charge in [-0.15, -0.1) is 0 Å². The molecule has 41 heavy (non-hydrogen) atoms. The van der Waals surface area contributed by atoms with E-state index >= 15 is 0 Å².